The van der Waals surface area contributed by atoms with Gasteiger partial charge in [-0.15, -0.1) is 0 Å². The Morgan fingerprint density at radius 3 is 2.89 bits per heavy atom. The third-order valence-electron chi connectivity index (χ3n) is 2.48. The second-order valence-electron chi connectivity index (χ2n) is 3.68. The number of methoxy groups -OCH3 is 1. The Kier molecular flexibility index (Phi) is 4.28. The summed E-state index contributed by atoms with van der Waals surface area (Å²) in [4.78, 5) is 8.52. The van der Waals surface area contributed by atoms with Gasteiger partial charge in [-0.05, 0) is 24.3 Å². The summed E-state index contributed by atoms with van der Waals surface area (Å²) in [5.41, 5.74) is 1.68. The van der Waals surface area contributed by atoms with E-state index >= 15 is 0 Å². The number of ether oxygens (including phenoxy) is 1. The minimum Gasteiger partial charge on any atom is -0.496 e. The standard InChI is InChI=1S/C13H13BrN2O2/c1-18-12-3-2-9(14)8-10(12)11-4-6-15-13(16-11)5-7-17/h2-4,6,8,17H,5,7H2,1H3. The number of halogens is 1. The molecule has 0 radical (unpaired) electrons. The van der Waals surface area contributed by atoms with E-state index in [1.807, 2.05) is 24.3 Å². The van der Waals surface area contributed by atoms with Gasteiger partial charge in [0, 0.05) is 22.7 Å². The van der Waals surface area contributed by atoms with E-state index in [0.717, 1.165) is 21.5 Å². The molecule has 0 saturated heterocycles. The molecule has 18 heavy (non-hydrogen) atoms. The average Bonchev–Trinajstić information content (AvgIpc) is 2.39. The van der Waals surface area contributed by atoms with Crippen molar-refractivity contribution in [3.8, 4) is 17.0 Å². The second-order valence-corrected chi connectivity index (χ2v) is 4.59. The lowest BCUT2D eigenvalue weighted by Gasteiger charge is -2.09. The van der Waals surface area contributed by atoms with Crippen molar-refractivity contribution < 1.29 is 9.84 Å². The maximum atomic E-state index is 8.91. The smallest absolute Gasteiger partial charge is 0.131 e. The highest BCUT2D eigenvalue weighted by molar-refractivity contribution is 9.10. The van der Waals surface area contributed by atoms with E-state index in [1.54, 1.807) is 13.3 Å². The van der Waals surface area contributed by atoms with Crippen molar-refractivity contribution >= 4 is 15.9 Å². The lowest BCUT2D eigenvalue weighted by Crippen LogP contribution is -2.00. The van der Waals surface area contributed by atoms with Gasteiger partial charge in [-0.1, -0.05) is 15.9 Å². The second kappa shape index (κ2) is 5.93. The summed E-state index contributed by atoms with van der Waals surface area (Å²) in [6, 6.07) is 7.57. The lowest BCUT2D eigenvalue weighted by molar-refractivity contribution is 0.296. The van der Waals surface area contributed by atoms with Crippen molar-refractivity contribution in [2.75, 3.05) is 13.7 Å². The van der Waals surface area contributed by atoms with Gasteiger partial charge in [-0.3, -0.25) is 0 Å². The van der Waals surface area contributed by atoms with Crippen LogP contribution in [0.2, 0.25) is 0 Å². The number of hydrogen-bond donors (Lipinski definition) is 1. The van der Waals surface area contributed by atoms with Crippen LogP contribution in [-0.4, -0.2) is 28.8 Å². The van der Waals surface area contributed by atoms with Crippen LogP contribution in [0.3, 0.4) is 0 Å². The van der Waals surface area contributed by atoms with Crippen LogP contribution < -0.4 is 4.74 Å². The number of rotatable bonds is 4. The minimum absolute atomic E-state index is 0.0407. The highest BCUT2D eigenvalue weighted by Crippen LogP contribution is 2.31. The van der Waals surface area contributed by atoms with Crippen LogP contribution in [0.15, 0.2) is 34.9 Å². The number of aliphatic hydroxyl groups is 1. The zero-order chi connectivity index (χ0) is 13.0. The summed E-state index contributed by atoms with van der Waals surface area (Å²) >= 11 is 3.43. The number of aliphatic hydroxyl groups excluding tert-OH is 1. The van der Waals surface area contributed by atoms with Crippen molar-refractivity contribution in [3.05, 3.63) is 40.8 Å². The Hall–Kier alpha value is -1.46. The molecule has 0 spiro atoms. The molecule has 0 aliphatic carbocycles. The molecule has 2 aromatic rings. The summed E-state index contributed by atoms with van der Waals surface area (Å²) in [6.07, 6.45) is 2.14. The molecule has 0 bridgehead atoms. The van der Waals surface area contributed by atoms with Gasteiger partial charge in [0.2, 0.25) is 0 Å². The molecule has 5 heteroatoms. The van der Waals surface area contributed by atoms with Crippen molar-refractivity contribution in [2.45, 2.75) is 6.42 Å². The quantitative estimate of drug-likeness (QED) is 0.942. The molecule has 1 heterocycles. The molecular weight excluding hydrogens is 296 g/mol. The first kappa shape index (κ1) is 13.0. The van der Waals surface area contributed by atoms with Crippen molar-refractivity contribution in [1.82, 2.24) is 9.97 Å². The molecule has 0 atom stereocenters. The largest absolute Gasteiger partial charge is 0.496 e. The number of benzene rings is 1. The van der Waals surface area contributed by atoms with E-state index in [9.17, 15) is 0 Å². The van der Waals surface area contributed by atoms with E-state index in [0.29, 0.717) is 12.2 Å². The summed E-state index contributed by atoms with van der Waals surface area (Å²) in [7, 11) is 1.63. The predicted molar refractivity (Wildman–Crippen MR) is 72.5 cm³/mol. The molecule has 1 aromatic carbocycles. The summed E-state index contributed by atoms with van der Waals surface area (Å²) in [6.45, 7) is 0.0407. The third-order valence-corrected chi connectivity index (χ3v) is 2.97. The van der Waals surface area contributed by atoms with Gasteiger partial charge >= 0.3 is 0 Å². The summed E-state index contributed by atoms with van der Waals surface area (Å²) in [5.74, 6) is 1.38. The molecule has 0 fully saturated rings. The summed E-state index contributed by atoms with van der Waals surface area (Å²) in [5, 5.41) is 8.91. The zero-order valence-electron chi connectivity index (χ0n) is 9.93. The number of hydrogen-bond acceptors (Lipinski definition) is 4. The molecule has 4 nitrogen and oxygen atoms in total. The van der Waals surface area contributed by atoms with E-state index in [-0.39, 0.29) is 6.61 Å². The predicted octanol–water partition coefficient (Wildman–Crippen LogP) is 2.45. The van der Waals surface area contributed by atoms with Gasteiger partial charge in [0.25, 0.3) is 0 Å². The van der Waals surface area contributed by atoms with Crippen LogP contribution in [0.25, 0.3) is 11.3 Å². The normalized spacial score (nSPS) is 10.4. The zero-order valence-corrected chi connectivity index (χ0v) is 11.5. The molecule has 0 unspecified atom stereocenters. The van der Waals surface area contributed by atoms with E-state index in [1.165, 1.54) is 0 Å². The molecule has 94 valence electrons. The molecule has 2 rings (SSSR count). The molecule has 1 aromatic heterocycles. The Morgan fingerprint density at radius 2 is 2.17 bits per heavy atom. The average molecular weight is 309 g/mol. The first-order valence-corrected chi connectivity index (χ1v) is 6.30. The van der Waals surface area contributed by atoms with Crippen molar-refractivity contribution in [2.24, 2.45) is 0 Å². The van der Waals surface area contributed by atoms with Crippen LogP contribution in [0, 0.1) is 0 Å². The Bertz CT molecular complexity index is 546. The Labute approximate surface area is 114 Å². The summed E-state index contributed by atoms with van der Waals surface area (Å²) < 4.78 is 6.28. The maximum Gasteiger partial charge on any atom is 0.131 e. The molecule has 0 aliphatic heterocycles. The maximum absolute atomic E-state index is 8.91. The fourth-order valence-electron chi connectivity index (χ4n) is 1.65. The topological polar surface area (TPSA) is 55.2 Å². The van der Waals surface area contributed by atoms with Crippen LogP contribution >= 0.6 is 15.9 Å². The first-order chi connectivity index (χ1) is 8.74. The fraction of sp³-hybridized carbons (Fsp3) is 0.231. The molecular formula is C13H13BrN2O2. The van der Waals surface area contributed by atoms with Gasteiger partial charge in [-0.25, -0.2) is 9.97 Å². The molecule has 1 N–H and O–H groups in total. The number of nitrogens with zero attached hydrogens (tertiary/aromatic N) is 2. The SMILES string of the molecule is COc1ccc(Br)cc1-c1ccnc(CCO)n1. The van der Waals surface area contributed by atoms with Crippen LogP contribution in [0.4, 0.5) is 0 Å². The van der Waals surface area contributed by atoms with Crippen LogP contribution in [-0.2, 0) is 6.42 Å². The van der Waals surface area contributed by atoms with E-state index < -0.39 is 0 Å². The van der Waals surface area contributed by atoms with E-state index in [2.05, 4.69) is 25.9 Å². The molecule has 0 amide bonds. The molecule has 0 saturated carbocycles. The van der Waals surface area contributed by atoms with Gasteiger partial charge in [0.05, 0.1) is 19.4 Å². The minimum atomic E-state index is 0.0407. The van der Waals surface area contributed by atoms with Gasteiger partial charge in [0.15, 0.2) is 0 Å². The van der Waals surface area contributed by atoms with Gasteiger partial charge < -0.3 is 9.84 Å². The highest BCUT2D eigenvalue weighted by atomic mass is 79.9. The third kappa shape index (κ3) is 2.86. The fourth-order valence-corrected chi connectivity index (χ4v) is 2.01. The van der Waals surface area contributed by atoms with Crippen molar-refractivity contribution in [3.63, 3.8) is 0 Å². The molecule has 0 aliphatic rings. The van der Waals surface area contributed by atoms with Gasteiger partial charge in [-0.2, -0.15) is 0 Å². The van der Waals surface area contributed by atoms with E-state index in [4.69, 9.17) is 9.84 Å². The number of aromatic nitrogens is 2. The van der Waals surface area contributed by atoms with Gasteiger partial charge in [0.1, 0.15) is 11.6 Å². The van der Waals surface area contributed by atoms with Crippen molar-refractivity contribution in [1.29, 1.82) is 0 Å². The lowest BCUT2D eigenvalue weighted by atomic mass is 10.1. The highest BCUT2D eigenvalue weighted by Gasteiger charge is 2.09. The van der Waals surface area contributed by atoms with Crippen LogP contribution in [0.5, 0.6) is 5.75 Å². The Balaban J connectivity index is 2.47. The van der Waals surface area contributed by atoms with Crippen LogP contribution in [0.1, 0.15) is 5.82 Å². The Morgan fingerprint density at radius 1 is 1.33 bits per heavy atom. The first-order valence-electron chi connectivity index (χ1n) is 5.51. The monoisotopic (exact) mass is 308 g/mol.